The summed E-state index contributed by atoms with van der Waals surface area (Å²) in [6.07, 6.45) is 3.62. The second kappa shape index (κ2) is 8.21. The molecule has 26 heavy (non-hydrogen) atoms. The number of β-amino-alcohol motifs (C(OH)–C–C–N with tert-alkyl or cyclic N) is 1. The molecule has 4 nitrogen and oxygen atoms in total. The van der Waals surface area contributed by atoms with Crippen LogP contribution in [0, 0.1) is 0 Å². The maximum Gasteiger partial charge on any atom is 0.127 e. The van der Waals surface area contributed by atoms with Crippen molar-refractivity contribution in [3.05, 3.63) is 60.2 Å². The predicted molar refractivity (Wildman–Crippen MR) is 103 cm³/mol. The average Bonchev–Trinajstić information content (AvgIpc) is 3.04. The van der Waals surface area contributed by atoms with Gasteiger partial charge in [-0.05, 0) is 55.8 Å². The van der Waals surface area contributed by atoms with Crippen LogP contribution in [0.5, 0.6) is 11.5 Å². The van der Waals surface area contributed by atoms with E-state index in [1.165, 1.54) is 24.8 Å². The van der Waals surface area contributed by atoms with Gasteiger partial charge < -0.3 is 9.84 Å². The molecule has 2 saturated heterocycles. The fourth-order valence-corrected chi connectivity index (χ4v) is 4.18. The molecule has 4 heteroatoms. The van der Waals surface area contributed by atoms with E-state index < -0.39 is 0 Å². The summed E-state index contributed by atoms with van der Waals surface area (Å²) in [6.45, 7) is 4.83. The Labute approximate surface area is 156 Å². The van der Waals surface area contributed by atoms with Gasteiger partial charge in [-0.3, -0.25) is 9.80 Å². The zero-order valence-corrected chi connectivity index (χ0v) is 15.3. The number of piperidine rings is 1. The zero-order chi connectivity index (χ0) is 17.8. The largest absolute Gasteiger partial charge is 0.457 e. The van der Waals surface area contributed by atoms with Gasteiger partial charge in [0.25, 0.3) is 0 Å². The van der Waals surface area contributed by atoms with E-state index in [4.69, 9.17) is 4.74 Å². The van der Waals surface area contributed by atoms with Gasteiger partial charge in [-0.15, -0.1) is 0 Å². The first kappa shape index (κ1) is 17.5. The van der Waals surface area contributed by atoms with E-state index in [-0.39, 0.29) is 6.10 Å². The predicted octanol–water partition coefficient (Wildman–Crippen LogP) is 3.51. The van der Waals surface area contributed by atoms with Gasteiger partial charge in [-0.25, -0.2) is 0 Å². The molecule has 0 aliphatic carbocycles. The number of aliphatic hydroxyl groups is 1. The monoisotopic (exact) mass is 352 g/mol. The van der Waals surface area contributed by atoms with E-state index in [0.29, 0.717) is 6.04 Å². The number of hydrogen-bond acceptors (Lipinski definition) is 4. The molecular formula is C22H28N2O2. The summed E-state index contributed by atoms with van der Waals surface area (Å²) in [4.78, 5) is 4.86. The maximum atomic E-state index is 10.5. The molecule has 0 saturated carbocycles. The topological polar surface area (TPSA) is 35.9 Å². The number of hydrogen-bond donors (Lipinski definition) is 1. The lowest BCUT2D eigenvalue weighted by molar-refractivity contribution is 0.0706. The first-order valence-corrected chi connectivity index (χ1v) is 9.74. The van der Waals surface area contributed by atoms with E-state index in [1.54, 1.807) is 0 Å². The number of nitrogens with zero attached hydrogens (tertiary/aromatic N) is 2. The van der Waals surface area contributed by atoms with Crippen molar-refractivity contribution in [3.8, 4) is 11.5 Å². The summed E-state index contributed by atoms with van der Waals surface area (Å²) in [6, 6.07) is 18.4. The minimum absolute atomic E-state index is 0.239. The summed E-state index contributed by atoms with van der Waals surface area (Å²) < 4.78 is 5.94. The van der Waals surface area contributed by atoms with E-state index in [2.05, 4.69) is 21.9 Å². The lowest BCUT2D eigenvalue weighted by Crippen LogP contribution is -2.45. The van der Waals surface area contributed by atoms with Crippen LogP contribution in [0.25, 0.3) is 0 Å². The molecule has 0 bridgehead atoms. The molecule has 2 fully saturated rings. The smallest absolute Gasteiger partial charge is 0.127 e. The summed E-state index contributed by atoms with van der Waals surface area (Å²) in [7, 11) is 0. The van der Waals surface area contributed by atoms with Crippen LogP contribution in [0.1, 0.15) is 24.8 Å². The number of rotatable bonds is 5. The Morgan fingerprint density at radius 1 is 0.885 bits per heavy atom. The van der Waals surface area contributed by atoms with Gasteiger partial charge in [0, 0.05) is 25.7 Å². The molecule has 1 N–H and O–H groups in total. The highest BCUT2D eigenvalue weighted by Crippen LogP contribution is 2.25. The molecule has 2 heterocycles. The van der Waals surface area contributed by atoms with E-state index in [1.807, 2.05) is 42.5 Å². The van der Waals surface area contributed by atoms with Crippen molar-refractivity contribution in [2.45, 2.75) is 38.0 Å². The Bertz CT molecular complexity index is 700. The van der Waals surface area contributed by atoms with Crippen LogP contribution in [0.15, 0.2) is 54.6 Å². The summed E-state index contributed by atoms with van der Waals surface area (Å²) >= 11 is 0. The van der Waals surface area contributed by atoms with Gasteiger partial charge >= 0.3 is 0 Å². The molecule has 4 rings (SSSR count). The van der Waals surface area contributed by atoms with Crippen LogP contribution in [0.3, 0.4) is 0 Å². The number of benzene rings is 2. The highest BCUT2D eigenvalue weighted by Gasteiger charge is 2.35. The van der Waals surface area contributed by atoms with Gasteiger partial charge in [0.1, 0.15) is 11.5 Å². The van der Waals surface area contributed by atoms with E-state index >= 15 is 0 Å². The molecule has 2 aliphatic rings. The lowest BCUT2D eigenvalue weighted by atomic mass is 10.1. The first-order chi connectivity index (χ1) is 12.8. The Morgan fingerprint density at radius 3 is 2.46 bits per heavy atom. The average molecular weight is 352 g/mol. The molecule has 0 amide bonds. The number of ether oxygens (including phenoxy) is 1. The quantitative estimate of drug-likeness (QED) is 0.893. The molecule has 0 aromatic heterocycles. The lowest BCUT2D eigenvalue weighted by Gasteiger charge is -2.33. The third-order valence-corrected chi connectivity index (χ3v) is 5.48. The van der Waals surface area contributed by atoms with E-state index in [0.717, 1.165) is 44.2 Å². The van der Waals surface area contributed by atoms with Crippen molar-refractivity contribution in [2.24, 2.45) is 0 Å². The minimum atomic E-state index is -0.239. The second-order valence-corrected chi connectivity index (χ2v) is 7.49. The Hall–Kier alpha value is -1.88. The van der Waals surface area contributed by atoms with Gasteiger partial charge in [0.2, 0.25) is 0 Å². The molecule has 138 valence electrons. The van der Waals surface area contributed by atoms with Crippen LogP contribution >= 0.6 is 0 Å². The van der Waals surface area contributed by atoms with Crippen LogP contribution in [0.4, 0.5) is 0 Å². The molecule has 2 aliphatic heterocycles. The number of aliphatic hydroxyl groups excluding tert-OH is 1. The van der Waals surface area contributed by atoms with Crippen molar-refractivity contribution in [2.75, 3.05) is 26.2 Å². The highest BCUT2D eigenvalue weighted by atomic mass is 16.5. The molecule has 2 atom stereocenters. The summed E-state index contributed by atoms with van der Waals surface area (Å²) in [5.74, 6) is 1.72. The standard InChI is InChI=1S/C22H28N2O2/c25-22-17-23(16-21(22)24-12-5-2-6-13-24)15-18-8-7-11-20(14-18)26-19-9-3-1-4-10-19/h1,3-4,7-11,14,21-22,25H,2,5-6,12-13,15-17H2/t21-,22-/m1/s1. The molecule has 0 unspecified atom stereocenters. The van der Waals surface area contributed by atoms with Gasteiger partial charge in [0.05, 0.1) is 6.10 Å². The molecule has 2 aromatic carbocycles. The van der Waals surface area contributed by atoms with Crippen LogP contribution in [-0.2, 0) is 6.54 Å². The van der Waals surface area contributed by atoms with Crippen molar-refractivity contribution in [3.63, 3.8) is 0 Å². The fraction of sp³-hybridized carbons (Fsp3) is 0.455. The molecule has 2 aromatic rings. The van der Waals surface area contributed by atoms with Crippen LogP contribution < -0.4 is 4.74 Å². The van der Waals surface area contributed by atoms with Crippen LogP contribution in [-0.4, -0.2) is 53.2 Å². The highest BCUT2D eigenvalue weighted by molar-refractivity contribution is 5.33. The molecule has 0 spiro atoms. The number of likely N-dealkylation sites (tertiary alicyclic amines) is 2. The third-order valence-electron chi connectivity index (χ3n) is 5.48. The van der Waals surface area contributed by atoms with Crippen molar-refractivity contribution < 1.29 is 9.84 Å². The van der Waals surface area contributed by atoms with Crippen molar-refractivity contribution in [1.29, 1.82) is 0 Å². The molecular weight excluding hydrogens is 324 g/mol. The van der Waals surface area contributed by atoms with Crippen molar-refractivity contribution in [1.82, 2.24) is 9.80 Å². The second-order valence-electron chi connectivity index (χ2n) is 7.49. The normalized spacial score (nSPS) is 24.7. The minimum Gasteiger partial charge on any atom is -0.457 e. The van der Waals surface area contributed by atoms with Crippen LogP contribution in [0.2, 0.25) is 0 Å². The summed E-state index contributed by atoms with van der Waals surface area (Å²) in [5.41, 5.74) is 1.23. The Kier molecular flexibility index (Phi) is 5.54. The SMILES string of the molecule is O[C@@H]1CN(Cc2cccc(Oc3ccccc3)c2)C[C@H]1N1CCCCC1. The zero-order valence-electron chi connectivity index (χ0n) is 15.3. The van der Waals surface area contributed by atoms with E-state index in [9.17, 15) is 5.11 Å². The number of para-hydroxylation sites is 1. The maximum absolute atomic E-state index is 10.5. The van der Waals surface area contributed by atoms with Gasteiger partial charge in [-0.1, -0.05) is 36.8 Å². The van der Waals surface area contributed by atoms with Gasteiger partial charge in [0.15, 0.2) is 0 Å². The van der Waals surface area contributed by atoms with Gasteiger partial charge in [-0.2, -0.15) is 0 Å². The first-order valence-electron chi connectivity index (χ1n) is 9.74. The Balaban J connectivity index is 1.37. The molecule has 0 radical (unpaired) electrons. The van der Waals surface area contributed by atoms with Crippen molar-refractivity contribution >= 4 is 0 Å². The third kappa shape index (κ3) is 4.26. The fourth-order valence-electron chi connectivity index (χ4n) is 4.18. The Morgan fingerprint density at radius 2 is 1.65 bits per heavy atom. The summed E-state index contributed by atoms with van der Waals surface area (Å²) in [5, 5.41) is 10.5.